The second-order valence-corrected chi connectivity index (χ2v) is 4.08. The Bertz CT molecular complexity index is 370. The van der Waals surface area contributed by atoms with Crippen LogP contribution in [0.25, 0.3) is 0 Å². The summed E-state index contributed by atoms with van der Waals surface area (Å²) in [6, 6.07) is 7.98. The van der Waals surface area contributed by atoms with E-state index in [9.17, 15) is 4.79 Å². The summed E-state index contributed by atoms with van der Waals surface area (Å²) < 4.78 is 4.80. The Labute approximate surface area is 95.8 Å². The molecule has 1 aliphatic heterocycles. The molecule has 0 radical (unpaired) electrons. The number of carbonyl (C=O) groups excluding carboxylic acids is 1. The molecule has 16 heavy (non-hydrogen) atoms. The van der Waals surface area contributed by atoms with Crippen LogP contribution in [-0.2, 0) is 4.74 Å². The van der Waals surface area contributed by atoms with Crippen molar-refractivity contribution in [3.63, 3.8) is 0 Å². The first kappa shape index (κ1) is 11.1. The van der Waals surface area contributed by atoms with Crippen molar-refractivity contribution in [3.05, 3.63) is 35.4 Å². The number of hydrogen-bond donors (Lipinski definition) is 1. The number of piperidine rings is 1. The van der Waals surface area contributed by atoms with Crippen molar-refractivity contribution in [3.8, 4) is 0 Å². The van der Waals surface area contributed by atoms with Crippen molar-refractivity contribution >= 4 is 5.97 Å². The van der Waals surface area contributed by atoms with Gasteiger partial charge in [-0.3, -0.25) is 0 Å². The SMILES string of the molecule is COC(=O)c1ccccc1[C@@H]1CCCCN1. The average Bonchev–Trinajstić information content (AvgIpc) is 2.39. The minimum atomic E-state index is -0.247. The fourth-order valence-corrected chi connectivity index (χ4v) is 2.21. The predicted octanol–water partition coefficient (Wildman–Crippen LogP) is 2.29. The van der Waals surface area contributed by atoms with Crippen LogP contribution in [-0.4, -0.2) is 19.6 Å². The maximum atomic E-state index is 11.6. The Hall–Kier alpha value is -1.35. The van der Waals surface area contributed by atoms with Gasteiger partial charge in [0.15, 0.2) is 0 Å². The molecule has 1 fully saturated rings. The fraction of sp³-hybridized carbons (Fsp3) is 0.462. The third-order valence-corrected chi connectivity index (χ3v) is 3.05. The zero-order chi connectivity index (χ0) is 11.4. The number of ether oxygens (including phenoxy) is 1. The zero-order valence-electron chi connectivity index (χ0n) is 9.53. The van der Waals surface area contributed by atoms with Crippen LogP contribution in [0, 0.1) is 0 Å². The van der Waals surface area contributed by atoms with Gasteiger partial charge in [-0.25, -0.2) is 4.79 Å². The first-order valence-corrected chi connectivity index (χ1v) is 5.73. The van der Waals surface area contributed by atoms with E-state index < -0.39 is 0 Å². The summed E-state index contributed by atoms with van der Waals surface area (Å²) >= 11 is 0. The van der Waals surface area contributed by atoms with Crippen molar-refractivity contribution in [2.24, 2.45) is 0 Å². The number of carbonyl (C=O) groups is 1. The first-order valence-electron chi connectivity index (χ1n) is 5.73. The quantitative estimate of drug-likeness (QED) is 0.775. The molecule has 1 N–H and O–H groups in total. The van der Waals surface area contributed by atoms with Gasteiger partial charge in [0.25, 0.3) is 0 Å². The van der Waals surface area contributed by atoms with E-state index in [1.807, 2.05) is 24.3 Å². The maximum Gasteiger partial charge on any atom is 0.338 e. The van der Waals surface area contributed by atoms with Gasteiger partial charge in [-0.15, -0.1) is 0 Å². The summed E-state index contributed by atoms with van der Waals surface area (Å²) in [5.41, 5.74) is 1.75. The van der Waals surface area contributed by atoms with Gasteiger partial charge in [-0.05, 0) is 31.0 Å². The molecule has 1 aromatic rings. The Morgan fingerprint density at radius 1 is 1.38 bits per heavy atom. The van der Waals surface area contributed by atoms with Crippen molar-refractivity contribution in [2.75, 3.05) is 13.7 Å². The third-order valence-electron chi connectivity index (χ3n) is 3.05. The van der Waals surface area contributed by atoms with Crippen LogP contribution in [0.1, 0.15) is 41.2 Å². The summed E-state index contributed by atoms with van der Waals surface area (Å²) in [5, 5.41) is 3.45. The van der Waals surface area contributed by atoms with Gasteiger partial charge in [-0.1, -0.05) is 24.6 Å². The van der Waals surface area contributed by atoms with Crippen molar-refractivity contribution in [2.45, 2.75) is 25.3 Å². The average molecular weight is 219 g/mol. The van der Waals surface area contributed by atoms with E-state index in [2.05, 4.69) is 5.32 Å². The smallest absolute Gasteiger partial charge is 0.338 e. The molecule has 0 unspecified atom stereocenters. The van der Waals surface area contributed by atoms with Gasteiger partial charge < -0.3 is 10.1 Å². The van der Waals surface area contributed by atoms with Crippen LogP contribution in [0.3, 0.4) is 0 Å². The topological polar surface area (TPSA) is 38.3 Å². The van der Waals surface area contributed by atoms with Gasteiger partial charge >= 0.3 is 5.97 Å². The van der Waals surface area contributed by atoms with Crippen LogP contribution < -0.4 is 5.32 Å². The van der Waals surface area contributed by atoms with Crippen molar-refractivity contribution in [1.82, 2.24) is 5.32 Å². The minimum absolute atomic E-state index is 0.247. The Morgan fingerprint density at radius 3 is 2.88 bits per heavy atom. The zero-order valence-corrected chi connectivity index (χ0v) is 9.53. The lowest BCUT2D eigenvalue weighted by atomic mass is 9.94. The Morgan fingerprint density at radius 2 is 2.19 bits per heavy atom. The Balaban J connectivity index is 2.28. The van der Waals surface area contributed by atoms with Gasteiger partial charge in [0.1, 0.15) is 0 Å². The maximum absolute atomic E-state index is 11.6. The molecule has 2 rings (SSSR count). The van der Waals surface area contributed by atoms with Crippen LogP contribution in [0.5, 0.6) is 0 Å². The minimum Gasteiger partial charge on any atom is -0.465 e. The highest BCUT2D eigenvalue weighted by Crippen LogP contribution is 2.26. The van der Waals surface area contributed by atoms with Crippen LogP contribution >= 0.6 is 0 Å². The van der Waals surface area contributed by atoms with Crippen LogP contribution in [0.4, 0.5) is 0 Å². The van der Waals surface area contributed by atoms with E-state index in [4.69, 9.17) is 4.74 Å². The summed E-state index contributed by atoms with van der Waals surface area (Å²) in [7, 11) is 1.42. The summed E-state index contributed by atoms with van der Waals surface area (Å²) in [5.74, 6) is -0.247. The summed E-state index contributed by atoms with van der Waals surface area (Å²) in [6.45, 7) is 1.03. The van der Waals surface area contributed by atoms with E-state index in [0.29, 0.717) is 11.6 Å². The number of nitrogens with one attached hydrogen (secondary N) is 1. The molecule has 3 heteroatoms. The molecule has 3 nitrogen and oxygen atoms in total. The molecule has 0 amide bonds. The van der Waals surface area contributed by atoms with E-state index in [1.165, 1.54) is 20.0 Å². The number of benzene rings is 1. The first-order chi connectivity index (χ1) is 7.83. The molecule has 1 aliphatic rings. The highest BCUT2D eigenvalue weighted by molar-refractivity contribution is 5.91. The monoisotopic (exact) mass is 219 g/mol. The fourth-order valence-electron chi connectivity index (χ4n) is 2.21. The van der Waals surface area contributed by atoms with Crippen molar-refractivity contribution in [1.29, 1.82) is 0 Å². The molecule has 1 atom stereocenters. The van der Waals surface area contributed by atoms with Gasteiger partial charge in [0.2, 0.25) is 0 Å². The molecule has 0 bridgehead atoms. The largest absolute Gasteiger partial charge is 0.465 e. The van der Waals surface area contributed by atoms with E-state index in [1.54, 1.807) is 0 Å². The molecule has 1 aromatic carbocycles. The summed E-state index contributed by atoms with van der Waals surface area (Å²) in [6.07, 6.45) is 3.53. The second-order valence-electron chi connectivity index (χ2n) is 4.08. The number of hydrogen-bond acceptors (Lipinski definition) is 3. The van der Waals surface area contributed by atoms with Gasteiger partial charge in [0, 0.05) is 6.04 Å². The third kappa shape index (κ3) is 2.25. The molecular formula is C13H17NO2. The number of methoxy groups -OCH3 is 1. The normalized spacial score (nSPS) is 20.4. The van der Waals surface area contributed by atoms with Crippen LogP contribution in [0.15, 0.2) is 24.3 Å². The molecule has 1 heterocycles. The predicted molar refractivity (Wildman–Crippen MR) is 62.4 cm³/mol. The lowest BCUT2D eigenvalue weighted by Gasteiger charge is -2.25. The molecule has 86 valence electrons. The van der Waals surface area contributed by atoms with E-state index in [0.717, 1.165) is 18.5 Å². The van der Waals surface area contributed by atoms with Gasteiger partial charge in [-0.2, -0.15) is 0 Å². The summed E-state index contributed by atoms with van der Waals surface area (Å²) in [4.78, 5) is 11.6. The lowest BCUT2D eigenvalue weighted by Crippen LogP contribution is -2.28. The lowest BCUT2D eigenvalue weighted by molar-refractivity contribution is 0.0598. The molecule has 0 spiro atoms. The molecule has 0 aromatic heterocycles. The highest BCUT2D eigenvalue weighted by atomic mass is 16.5. The second kappa shape index (κ2) is 5.12. The standard InChI is InChI=1S/C13H17NO2/c1-16-13(15)11-7-3-2-6-10(11)12-8-4-5-9-14-12/h2-3,6-7,12,14H,4-5,8-9H2,1H3/t12-/m0/s1. The molecule has 1 saturated heterocycles. The molecule has 0 saturated carbocycles. The number of rotatable bonds is 2. The number of esters is 1. The van der Waals surface area contributed by atoms with Gasteiger partial charge in [0.05, 0.1) is 12.7 Å². The Kier molecular flexibility index (Phi) is 3.57. The van der Waals surface area contributed by atoms with Crippen molar-refractivity contribution < 1.29 is 9.53 Å². The van der Waals surface area contributed by atoms with Crippen LogP contribution in [0.2, 0.25) is 0 Å². The molecular weight excluding hydrogens is 202 g/mol. The van der Waals surface area contributed by atoms with E-state index >= 15 is 0 Å². The highest BCUT2D eigenvalue weighted by Gasteiger charge is 2.20. The molecule has 0 aliphatic carbocycles. The van der Waals surface area contributed by atoms with E-state index in [-0.39, 0.29) is 5.97 Å².